The summed E-state index contributed by atoms with van der Waals surface area (Å²) in [6, 6.07) is 14.6. The Kier molecular flexibility index (Phi) is 5.02. The predicted molar refractivity (Wildman–Crippen MR) is 86.4 cm³/mol. The monoisotopic (exact) mass is 271 g/mol. The lowest BCUT2D eigenvalue weighted by Gasteiger charge is -2.20. The van der Waals surface area contributed by atoms with E-state index < -0.39 is 0 Å². The van der Waals surface area contributed by atoms with Crippen LogP contribution in [0.15, 0.2) is 42.5 Å². The minimum atomic E-state index is 0.208. The van der Waals surface area contributed by atoms with Gasteiger partial charge in [0.1, 0.15) is 5.75 Å². The molecule has 0 radical (unpaired) electrons. The molecular weight excluding hydrogens is 246 g/mol. The molecule has 0 bridgehead atoms. The average molecular weight is 271 g/mol. The molecule has 0 aliphatic rings. The van der Waals surface area contributed by atoms with Gasteiger partial charge in [0.05, 0.1) is 6.61 Å². The average Bonchev–Trinajstić information content (AvgIpc) is 2.41. The van der Waals surface area contributed by atoms with Crippen molar-refractivity contribution < 1.29 is 4.74 Å². The molecule has 2 nitrogen and oxygen atoms in total. The molecule has 2 aromatic carbocycles. The van der Waals surface area contributed by atoms with Crippen molar-refractivity contribution in [3.8, 4) is 5.75 Å². The Morgan fingerprint density at radius 2 is 1.70 bits per heavy atom. The molecule has 0 fully saturated rings. The van der Waals surface area contributed by atoms with Gasteiger partial charge in [-0.3, -0.25) is 0 Å². The van der Waals surface area contributed by atoms with Crippen LogP contribution < -0.4 is 10.1 Å². The first-order chi connectivity index (χ1) is 9.54. The second kappa shape index (κ2) is 6.76. The first-order valence-electron chi connectivity index (χ1n) is 7.41. The van der Waals surface area contributed by atoms with Crippen LogP contribution in [0.1, 0.15) is 33.6 Å². The van der Waals surface area contributed by atoms with Crippen molar-refractivity contribution >= 4 is 10.8 Å². The molecule has 0 saturated heterocycles. The summed E-state index contributed by atoms with van der Waals surface area (Å²) in [4.78, 5) is 0. The van der Waals surface area contributed by atoms with Crippen LogP contribution in [0.3, 0.4) is 0 Å². The van der Waals surface area contributed by atoms with Gasteiger partial charge in [0, 0.05) is 5.54 Å². The van der Waals surface area contributed by atoms with E-state index in [-0.39, 0.29) is 5.54 Å². The number of benzene rings is 2. The summed E-state index contributed by atoms with van der Waals surface area (Å²) >= 11 is 0. The van der Waals surface area contributed by atoms with E-state index in [9.17, 15) is 0 Å². The van der Waals surface area contributed by atoms with E-state index in [4.69, 9.17) is 4.74 Å². The maximum absolute atomic E-state index is 5.82. The summed E-state index contributed by atoms with van der Waals surface area (Å²) in [6.45, 7) is 8.41. The number of fused-ring (bicyclic) bond motifs is 1. The molecule has 0 aliphatic carbocycles. The number of hydrogen-bond donors (Lipinski definition) is 1. The Balaban J connectivity index is 1.73. The molecule has 0 heterocycles. The Morgan fingerprint density at radius 3 is 2.45 bits per heavy atom. The van der Waals surface area contributed by atoms with Crippen LogP contribution in [0.25, 0.3) is 10.8 Å². The molecule has 1 N–H and O–H groups in total. The summed E-state index contributed by atoms with van der Waals surface area (Å²) in [5, 5.41) is 5.98. The predicted octanol–water partition coefficient (Wildman–Crippen LogP) is 4.39. The summed E-state index contributed by atoms with van der Waals surface area (Å²) in [6.07, 6.45) is 2.22. The van der Waals surface area contributed by atoms with Crippen LogP contribution in [0.2, 0.25) is 0 Å². The molecular formula is C18H25NO. The largest absolute Gasteiger partial charge is 0.494 e. The molecule has 2 heteroatoms. The quantitative estimate of drug-likeness (QED) is 0.787. The molecule has 2 rings (SSSR count). The van der Waals surface area contributed by atoms with Gasteiger partial charge < -0.3 is 10.1 Å². The molecule has 20 heavy (non-hydrogen) atoms. The fraction of sp³-hybridized carbons (Fsp3) is 0.444. The summed E-state index contributed by atoms with van der Waals surface area (Å²) < 4.78 is 5.82. The van der Waals surface area contributed by atoms with E-state index in [1.807, 2.05) is 0 Å². The van der Waals surface area contributed by atoms with E-state index in [0.717, 1.165) is 31.7 Å². The number of ether oxygens (including phenoxy) is 1. The molecule has 0 spiro atoms. The van der Waals surface area contributed by atoms with Crippen molar-refractivity contribution in [3.63, 3.8) is 0 Å². The van der Waals surface area contributed by atoms with Gasteiger partial charge in [-0.05, 0) is 63.1 Å². The van der Waals surface area contributed by atoms with Gasteiger partial charge in [0.15, 0.2) is 0 Å². The standard InChI is InChI=1S/C18H25NO/c1-18(2,3)19-12-6-7-13-20-17-11-10-15-8-4-5-9-16(15)14-17/h4-5,8-11,14,19H,6-7,12-13H2,1-3H3. The van der Waals surface area contributed by atoms with Crippen LogP contribution in [-0.2, 0) is 0 Å². The number of nitrogens with one attached hydrogen (secondary N) is 1. The van der Waals surface area contributed by atoms with Gasteiger partial charge in [0.2, 0.25) is 0 Å². The van der Waals surface area contributed by atoms with Crippen LogP contribution in [0, 0.1) is 0 Å². The van der Waals surface area contributed by atoms with Crippen molar-refractivity contribution in [1.29, 1.82) is 0 Å². The van der Waals surface area contributed by atoms with Crippen LogP contribution in [-0.4, -0.2) is 18.7 Å². The second-order valence-electron chi connectivity index (χ2n) is 6.24. The van der Waals surface area contributed by atoms with Gasteiger partial charge >= 0.3 is 0 Å². The summed E-state index contributed by atoms with van der Waals surface area (Å²) in [5.74, 6) is 0.965. The van der Waals surface area contributed by atoms with E-state index in [1.54, 1.807) is 0 Å². The van der Waals surface area contributed by atoms with Crippen molar-refractivity contribution in [2.75, 3.05) is 13.2 Å². The minimum Gasteiger partial charge on any atom is -0.494 e. The lowest BCUT2D eigenvalue weighted by molar-refractivity contribution is 0.302. The van der Waals surface area contributed by atoms with Crippen molar-refractivity contribution in [2.45, 2.75) is 39.2 Å². The van der Waals surface area contributed by atoms with E-state index in [1.165, 1.54) is 10.8 Å². The van der Waals surface area contributed by atoms with Crippen LogP contribution >= 0.6 is 0 Å². The highest BCUT2D eigenvalue weighted by atomic mass is 16.5. The Bertz CT molecular complexity index is 542. The first kappa shape index (κ1) is 14.9. The first-order valence-corrected chi connectivity index (χ1v) is 7.41. The Labute approximate surface area is 122 Å². The van der Waals surface area contributed by atoms with E-state index in [0.29, 0.717) is 0 Å². The number of rotatable bonds is 6. The fourth-order valence-electron chi connectivity index (χ4n) is 2.14. The Morgan fingerprint density at radius 1 is 0.950 bits per heavy atom. The number of hydrogen-bond acceptors (Lipinski definition) is 2. The maximum atomic E-state index is 5.82. The third kappa shape index (κ3) is 4.86. The lowest BCUT2D eigenvalue weighted by Crippen LogP contribution is -2.36. The van der Waals surface area contributed by atoms with E-state index in [2.05, 4.69) is 68.6 Å². The molecule has 0 unspecified atom stereocenters. The highest BCUT2D eigenvalue weighted by Crippen LogP contribution is 2.20. The Hall–Kier alpha value is -1.54. The van der Waals surface area contributed by atoms with Gasteiger partial charge in [0.25, 0.3) is 0 Å². The normalized spacial score (nSPS) is 11.8. The van der Waals surface area contributed by atoms with Gasteiger partial charge in [-0.2, -0.15) is 0 Å². The zero-order valence-corrected chi connectivity index (χ0v) is 12.8. The molecule has 2 aromatic rings. The molecule has 0 amide bonds. The zero-order chi connectivity index (χ0) is 14.4. The van der Waals surface area contributed by atoms with Gasteiger partial charge in [-0.15, -0.1) is 0 Å². The summed E-state index contributed by atoms with van der Waals surface area (Å²) in [7, 11) is 0. The third-order valence-electron chi connectivity index (χ3n) is 3.22. The van der Waals surface area contributed by atoms with Gasteiger partial charge in [-0.1, -0.05) is 30.3 Å². The molecule has 108 valence electrons. The highest BCUT2D eigenvalue weighted by molar-refractivity contribution is 5.83. The second-order valence-corrected chi connectivity index (χ2v) is 6.24. The SMILES string of the molecule is CC(C)(C)NCCCCOc1ccc2ccccc2c1. The topological polar surface area (TPSA) is 21.3 Å². The summed E-state index contributed by atoms with van der Waals surface area (Å²) in [5.41, 5.74) is 0.208. The molecule has 0 aliphatic heterocycles. The molecule has 0 saturated carbocycles. The van der Waals surface area contributed by atoms with Crippen molar-refractivity contribution in [2.24, 2.45) is 0 Å². The zero-order valence-electron chi connectivity index (χ0n) is 12.8. The fourth-order valence-corrected chi connectivity index (χ4v) is 2.14. The van der Waals surface area contributed by atoms with Gasteiger partial charge in [-0.25, -0.2) is 0 Å². The van der Waals surface area contributed by atoms with Crippen LogP contribution in [0.4, 0.5) is 0 Å². The van der Waals surface area contributed by atoms with Crippen molar-refractivity contribution in [3.05, 3.63) is 42.5 Å². The molecule has 0 aromatic heterocycles. The smallest absolute Gasteiger partial charge is 0.119 e. The minimum absolute atomic E-state index is 0.208. The van der Waals surface area contributed by atoms with E-state index >= 15 is 0 Å². The highest BCUT2D eigenvalue weighted by Gasteiger charge is 2.06. The molecule has 0 atom stereocenters. The number of unbranched alkanes of at least 4 members (excludes halogenated alkanes) is 1. The third-order valence-corrected chi connectivity index (χ3v) is 3.22. The lowest BCUT2D eigenvalue weighted by atomic mass is 10.1. The van der Waals surface area contributed by atoms with Crippen molar-refractivity contribution in [1.82, 2.24) is 5.32 Å². The maximum Gasteiger partial charge on any atom is 0.119 e. The van der Waals surface area contributed by atoms with Crippen LogP contribution in [0.5, 0.6) is 5.75 Å².